The quantitative estimate of drug-likeness (QED) is 0.396. The average Bonchev–Trinajstić information content (AvgIpc) is 3.27. The Bertz CT molecular complexity index is 1520. The number of carbonyl (C=O) groups is 3. The molecule has 3 aliphatic heterocycles. The van der Waals surface area contributed by atoms with Crippen LogP contribution in [-0.4, -0.2) is 95.8 Å². The van der Waals surface area contributed by atoms with Crippen LogP contribution in [0.4, 0.5) is 4.79 Å². The molecule has 4 heterocycles. The number of fused-ring (bicyclic) bond motifs is 6. The Balaban J connectivity index is 1.32. The summed E-state index contributed by atoms with van der Waals surface area (Å²) in [5.41, 5.74) is 3.82. The number of hydrogen-bond acceptors (Lipinski definition) is 7. The van der Waals surface area contributed by atoms with E-state index in [4.69, 9.17) is 14.2 Å². The van der Waals surface area contributed by atoms with Gasteiger partial charge in [-0.25, -0.2) is 9.59 Å². The first-order chi connectivity index (χ1) is 20.1. The van der Waals surface area contributed by atoms with Crippen LogP contribution >= 0.6 is 0 Å². The van der Waals surface area contributed by atoms with E-state index in [0.29, 0.717) is 31.8 Å². The molecule has 222 valence electrons. The molecule has 10 heteroatoms. The molecule has 3 aromatic rings. The molecule has 1 atom stereocenters. The fourth-order valence-corrected chi connectivity index (χ4v) is 6.07. The fourth-order valence-electron chi connectivity index (χ4n) is 6.07. The highest BCUT2D eigenvalue weighted by Gasteiger charge is 2.44. The minimum Gasteiger partial charge on any atom is -0.492 e. The lowest BCUT2D eigenvalue weighted by atomic mass is 9.89. The summed E-state index contributed by atoms with van der Waals surface area (Å²) in [6, 6.07) is 13.2. The number of nitrogens with zero attached hydrogens (tertiary/aromatic N) is 4. The molecular weight excluding hydrogens is 536 g/mol. The molecule has 10 nitrogen and oxygen atoms in total. The number of amides is 3. The van der Waals surface area contributed by atoms with E-state index >= 15 is 0 Å². The molecular formula is C32H38N4O6. The van der Waals surface area contributed by atoms with Gasteiger partial charge >= 0.3 is 12.0 Å². The van der Waals surface area contributed by atoms with Gasteiger partial charge < -0.3 is 23.7 Å². The minimum absolute atomic E-state index is 0.184. The Labute approximate surface area is 245 Å². The molecule has 0 saturated carbocycles. The van der Waals surface area contributed by atoms with E-state index in [-0.39, 0.29) is 17.9 Å². The number of likely N-dealkylation sites (N-methyl/N-ethyl adjacent to an activating group) is 1. The number of urea groups is 1. The second-order valence-corrected chi connectivity index (χ2v) is 12.2. The average molecular weight is 575 g/mol. The molecule has 0 unspecified atom stereocenters. The highest BCUT2D eigenvalue weighted by molar-refractivity contribution is 6.04. The fraction of sp³-hybridized carbons (Fsp3) is 0.469. The van der Waals surface area contributed by atoms with Gasteiger partial charge in [0.15, 0.2) is 0 Å². The predicted molar refractivity (Wildman–Crippen MR) is 157 cm³/mol. The molecule has 2 bridgehead atoms. The number of esters is 1. The molecule has 0 N–H and O–H groups in total. The molecule has 0 aliphatic carbocycles. The van der Waals surface area contributed by atoms with Gasteiger partial charge in [-0.1, -0.05) is 12.1 Å². The second kappa shape index (κ2) is 11.1. The van der Waals surface area contributed by atoms with Crippen molar-refractivity contribution >= 4 is 28.8 Å². The highest BCUT2D eigenvalue weighted by Crippen LogP contribution is 2.41. The highest BCUT2D eigenvalue weighted by atomic mass is 16.6. The number of hydrogen-bond donors (Lipinski definition) is 0. The van der Waals surface area contributed by atoms with Crippen molar-refractivity contribution in [2.45, 2.75) is 45.4 Å². The summed E-state index contributed by atoms with van der Waals surface area (Å²) in [5, 5.41) is 0.972. The zero-order valence-electron chi connectivity index (χ0n) is 24.7. The van der Waals surface area contributed by atoms with Gasteiger partial charge in [0, 0.05) is 56.4 Å². The van der Waals surface area contributed by atoms with Crippen LogP contribution in [0.2, 0.25) is 0 Å². The minimum atomic E-state index is -0.569. The molecule has 2 fully saturated rings. The number of imide groups is 1. The van der Waals surface area contributed by atoms with Gasteiger partial charge in [0.05, 0.1) is 31.2 Å². The molecule has 3 amide bonds. The van der Waals surface area contributed by atoms with Gasteiger partial charge in [0.1, 0.15) is 18.0 Å². The van der Waals surface area contributed by atoms with Crippen LogP contribution in [0.1, 0.15) is 53.9 Å². The standard InChI is InChI=1S/C32H38N4O6/c1-32(2,3)42-30(38)22-7-5-21(6-8-22)18-36-26-10-9-23(41-16-13-34-11-14-40-15-12-34)17-24(26)28-25-19-35(20-27(28)36)31(39)33(4)29(25)37/h5-10,17,25H,11-16,18-20H2,1-4H3/t25-/m0/s1. The summed E-state index contributed by atoms with van der Waals surface area (Å²) in [7, 11) is 1.56. The number of rotatable bonds is 7. The lowest BCUT2D eigenvalue weighted by Gasteiger charge is -2.41. The van der Waals surface area contributed by atoms with E-state index < -0.39 is 11.5 Å². The summed E-state index contributed by atoms with van der Waals surface area (Å²) in [4.78, 5) is 44.1. The number of aromatic nitrogens is 1. The van der Waals surface area contributed by atoms with Crippen LogP contribution in [0.25, 0.3) is 10.9 Å². The van der Waals surface area contributed by atoms with Gasteiger partial charge in [-0.3, -0.25) is 14.6 Å². The van der Waals surface area contributed by atoms with Crippen molar-refractivity contribution in [1.82, 2.24) is 19.3 Å². The topological polar surface area (TPSA) is 93.6 Å². The Morgan fingerprint density at radius 1 is 1.05 bits per heavy atom. The third-order valence-corrected chi connectivity index (χ3v) is 8.17. The SMILES string of the molecule is CN1C(=O)[C@H]2CN(Cc3c2c2cc(OCCN4CCOCC4)ccc2n3Cc2ccc(C(=O)OC(C)(C)C)cc2)C1=O. The van der Waals surface area contributed by atoms with E-state index in [1.54, 1.807) is 24.1 Å². The first kappa shape index (κ1) is 28.2. The summed E-state index contributed by atoms with van der Waals surface area (Å²) < 4.78 is 19.3. The Morgan fingerprint density at radius 2 is 1.79 bits per heavy atom. The smallest absolute Gasteiger partial charge is 0.338 e. The Hall–Kier alpha value is -3.89. The van der Waals surface area contributed by atoms with Crippen molar-refractivity contribution in [3.05, 3.63) is 64.8 Å². The molecule has 42 heavy (non-hydrogen) atoms. The Kier molecular flexibility index (Phi) is 7.44. The molecule has 1 aromatic heterocycles. The second-order valence-electron chi connectivity index (χ2n) is 12.2. The molecule has 2 aromatic carbocycles. The van der Waals surface area contributed by atoms with E-state index in [2.05, 4.69) is 9.47 Å². The van der Waals surface area contributed by atoms with Crippen LogP contribution in [0.15, 0.2) is 42.5 Å². The van der Waals surface area contributed by atoms with Crippen LogP contribution in [0, 0.1) is 0 Å². The van der Waals surface area contributed by atoms with E-state index in [0.717, 1.165) is 66.3 Å². The third-order valence-electron chi connectivity index (χ3n) is 8.17. The van der Waals surface area contributed by atoms with Crippen molar-refractivity contribution in [2.75, 3.05) is 53.0 Å². The van der Waals surface area contributed by atoms with Crippen LogP contribution in [0.5, 0.6) is 5.75 Å². The molecule has 0 radical (unpaired) electrons. The van der Waals surface area contributed by atoms with Crippen LogP contribution < -0.4 is 4.74 Å². The lowest BCUT2D eigenvalue weighted by Crippen LogP contribution is -2.56. The van der Waals surface area contributed by atoms with Crippen molar-refractivity contribution in [3.8, 4) is 5.75 Å². The zero-order valence-corrected chi connectivity index (χ0v) is 24.7. The first-order valence-electron chi connectivity index (χ1n) is 14.6. The maximum absolute atomic E-state index is 13.3. The molecule has 0 spiro atoms. The van der Waals surface area contributed by atoms with Crippen molar-refractivity contribution < 1.29 is 28.6 Å². The maximum atomic E-state index is 13.3. The first-order valence-corrected chi connectivity index (χ1v) is 14.6. The zero-order chi connectivity index (χ0) is 29.6. The van der Waals surface area contributed by atoms with E-state index in [1.165, 1.54) is 4.90 Å². The number of morpholine rings is 1. The van der Waals surface area contributed by atoms with Crippen molar-refractivity contribution in [2.24, 2.45) is 0 Å². The van der Waals surface area contributed by atoms with Gasteiger partial charge in [-0.2, -0.15) is 0 Å². The molecule has 3 aliphatic rings. The van der Waals surface area contributed by atoms with Gasteiger partial charge in [-0.15, -0.1) is 0 Å². The largest absolute Gasteiger partial charge is 0.492 e. The summed E-state index contributed by atoms with van der Waals surface area (Å²) in [6.07, 6.45) is 0. The van der Waals surface area contributed by atoms with Crippen molar-refractivity contribution in [3.63, 3.8) is 0 Å². The van der Waals surface area contributed by atoms with Crippen LogP contribution in [0.3, 0.4) is 0 Å². The number of benzene rings is 2. The van der Waals surface area contributed by atoms with Gasteiger partial charge in [0.2, 0.25) is 5.91 Å². The molecule has 6 rings (SSSR count). The van der Waals surface area contributed by atoms with Crippen molar-refractivity contribution in [1.29, 1.82) is 0 Å². The Morgan fingerprint density at radius 3 is 2.50 bits per heavy atom. The lowest BCUT2D eigenvalue weighted by molar-refractivity contribution is -0.132. The summed E-state index contributed by atoms with van der Waals surface area (Å²) in [5.74, 6) is -0.219. The summed E-state index contributed by atoms with van der Waals surface area (Å²) in [6.45, 7) is 11.5. The third kappa shape index (κ3) is 5.48. The van der Waals surface area contributed by atoms with Crippen LogP contribution in [-0.2, 0) is 27.4 Å². The van der Waals surface area contributed by atoms with Gasteiger partial charge in [-0.05, 0) is 62.2 Å². The maximum Gasteiger partial charge on any atom is 0.338 e. The number of ether oxygens (including phenoxy) is 3. The predicted octanol–water partition coefficient (Wildman–Crippen LogP) is 3.85. The number of carbonyl (C=O) groups excluding carboxylic acids is 3. The summed E-state index contributed by atoms with van der Waals surface area (Å²) >= 11 is 0. The normalized spacial score (nSPS) is 19.3. The molecule has 2 saturated heterocycles. The monoisotopic (exact) mass is 574 g/mol. The van der Waals surface area contributed by atoms with Gasteiger partial charge in [0.25, 0.3) is 0 Å². The van der Waals surface area contributed by atoms with E-state index in [1.807, 2.05) is 51.1 Å². The van der Waals surface area contributed by atoms with E-state index in [9.17, 15) is 14.4 Å².